The second-order valence-corrected chi connectivity index (χ2v) is 6.36. The lowest BCUT2D eigenvalue weighted by molar-refractivity contribution is -0.124. The Hall–Kier alpha value is -0.610. The molecule has 0 aromatic rings. The monoisotopic (exact) mass is 268 g/mol. The molecular formula is C15H28N2O2. The maximum absolute atomic E-state index is 12.2. The van der Waals surface area contributed by atoms with Crippen molar-refractivity contribution in [1.82, 2.24) is 10.6 Å². The number of aliphatic hydroxyl groups is 1. The van der Waals surface area contributed by atoms with Crippen molar-refractivity contribution in [3.63, 3.8) is 0 Å². The number of aliphatic hydroxyl groups excluding tert-OH is 1. The summed E-state index contributed by atoms with van der Waals surface area (Å²) in [5.41, 5.74) is -0.219. The maximum Gasteiger partial charge on any atom is 0.237 e. The molecule has 0 aromatic heterocycles. The largest absolute Gasteiger partial charge is 0.394 e. The zero-order valence-corrected chi connectivity index (χ0v) is 12.1. The van der Waals surface area contributed by atoms with Gasteiger partial charge in [0.15, 0.2) is 0 Å². The zero-order valence-electron chi connectivity index (χ0n) is 12.1. The van der Waals surface area contributed by atoms with Crippen molar-refractivity contribution in [2.75, 3.05) is 6.61 Å². The molecule has 19 heavy (non-hydrogen) atoms. The molecule has 2 saturated carbocycles. The first kappa shape index (κ1) is 14.8. The smallest absolute Gasteiger partial charge is 0.237 e. The van der Waals surface area contributed by atoms with Crippen molar-refractivity contribution >= 4 is 5.91 Å². The van der Waals surface area contributed by atoms with Gasteiger partial charge in [0.1, 0.15) is 0 Å². The molecule has 4 nitrogen and oxygen atoms in total. The number of hydrogen-bond donors (Lipinski definition) is 3. The summed E-state index contributed by atoms with van der Waals surface area (Å²) in [6.07, 6.45) is 10.2. The van der Waals surface area contributed by atoms with Gasteiger partial charge in [-0.3, -0.25) is 10.1 Å². The van der Waals surface area contributed by atoms with Crippen LogP contribution in [0.5, 0.6) is 0 Å². The molecule has 0 heterocycles. The fraction of sp³-hybridized carbons (Fsp3) is 0.933. The number of carbonyl (C=O) groups is 1. The van der Waals surface area contributed by atoms with Crippen molar-refractivity contribution in [2.24, 2.45) is 0 Å². The summed E-state index contributed by atoms with van der Waals surface area (Å²) in [5.74, 6) is 0.0895. The lowest BCUT2D eigenvalue weighted by Gasteiger charge is -2.32. The van der Waals surface area contributed by atoms with Crippen LogP contribution in [0.4, 0.5) is 0 Å². The highest BCUT2D eigenvalue weighted by molar-refractivity contribution is 5.81. The van der Waals surface area contributed by atoms with Gasteiger partial charge in [0.25, 0.3) is 0 Å². The molecule has 0 saturated heterocycles. The van der Waals surface area contributed by atoms with E-state index in [0.29, 0.717) is 6.04 Å². The number of rotatable bonds is 5. The summed E-state index contributed by atoms with van der Waals surface area (Å²) in [4.78, 5) is 12.2. The first-order chi connectivity index (χ1) is 9.15. The van der Waals surface area contributed by atoms with Crippen LogP contribution in [0.25, 0.3) is 0 Å². The highest BCUT2D eigenvalue weighted by atomic mass is 16.3. The lowest BCUT2D eigenvalue weighted by atomic mass is 9.95. The molecule has 1 amide bonds. The molecule has 0 spiro atoms. The molecule has 0 aliphatic heterocycles. The van der Waals surface area contributed by atoms with Gasteiger partial charge in [0.05, 0.1) is 12.6 Å². The predicted molar refractivity (Wildman–Crippen MR) is 75.9 cm³/mol. The second-order valence-electron chi connectivity index (χ2n) is 6.36. The van der Waals surface area contributed by atoms with E-state index in [4.69, 9.17) is 0 Å². The average Bonchev–Trinajstić information content (AvgIpc) is 2.89. The van der Waals surface area contributed by atoms with Gasteiger partial charge in [-0.15, -0.1) is 0 Å². The maximum atomic E-state index is 12.2. The molecule has 2 aliphatic carbocycles. The van der Waals surface area contributed by atoms with Crippen LogP contribution in [0.3, 0.4) is 0 Å². The average molecular weight is 268 g/mol. The molecule has 0 bridgehead atoms. The number of nitrogens with one attached hydrogen (secondary N) is 2. The highest BCUT2D eigenvalue weighted by Gasteiger charge is 2.35. The molecule has 1 unspecified atom stereocenters. The van der Waals surface area contributed by atoms with Crippen LogP contribution in [0.15, 0.2) is 0 Å². The SMILES string of the molecule is CC(NC1(CO)CCCC1)C(=O)NC1CCCCC1. The fourth-order valence-corrected chi connectivity index (χ4v) is 3.50. The van der Waals surface area contributed by atoms with Crippen molar-refractivity contribution in [3.05, 3.63) is 0 Å². The van der Waals surface area contributed by atoms with E-state index in [1.807, 2.05) is 6.92 Å². The molecule has 3 N–H and O–H groups in total. The molecule has 2 aliphatic rings. The van der Waals surface area contributed by atoms with Crippen LogP contribution in [0, 0.1) is 0 Å². The molecule has 2 fully saturated rings. The van der Waals surface area contributed by atoms with E-state index in [1.54, 1.807) is 0 Å². The van der Waals surface area contributed by atoms with Crippen LogP contribution >= 0.6 is 0 Å². The van der Waals surface area contributed by atoms with Crippen LogP contribution in [0.1, 0.15) is 64.7 Å². The zero-order chi connectivity index (χ0) is 13.7. The standard InChI is InChI=1S/C15H28N2O2/c1-12(17-15(11-18)9-5-6-10-15)14(19)16-13-7-3-2-4-8-13/h12-13,17-18H,2-11H2,1H3,(H,16,19). The molecule has 1 atom stereocenters. The van der Waals surface area contributed by atoms with Crippen molar-refractivity contribution in [3.8, 4) is 0 Å². The van der Waals surface area contributed by atoms with Crippen LogP contribution in [-0.4, -0.2) is 35.2 Å². The normalized spacial score (nSPS) is 25.2. The Bertz CT molecular complexity index is 295. The molecule has 4 heteroatoms. The topological polar surface area (TPSA) is 61.4 Å². The van der Waals surface area contributed by atoms with E-state index < -0.39 is 0 Å². The minimum absolute atomic E-state index is 0.0895. The number of hydrogen-bond acceptors (Lipinski definition) is 3. The van der Waals surface area contributed by atoms with Gasteiger partial charge < -0.3 is 10.4 Å². The molecule has 2 rings (SSSR count). The molecule has 0 radical (unpaired) electrons. The third-order valence-electron chi connectivity index (χ3n) is 4.73. The van der Waals surface area contributed by atoms with E-state index in [-0.39, 0.29) is 24.1 Å². The van der Waals surface area contributed by atoms with Crippen molar-refractivity contribution in [1.29, 1.82) is 0 Å². The first-order valence-electron chi connectivity index (χ1n) is 7.84. The van der Waals surface area contributed by atoms with E-state index >= 15 is 0 Å². The summed E-state index contributed by atoms with van der Waals surface area (Å²) in [6, 6.07) is 0.145. The third kappa shape index (κ3) is 3.93. The Kier molecular flexibility index (Phi) is 5.22. The Morgan fingerprint density at radius 3 is 2.42 bits per heavy atom. The Balaban J connectivity index is 1.81. The fourth-order valence-electron chi connectivity index (χ4n) is 3.50. The van der Waals surface area contributed by atoms with Gasteiger partial charge in [-0.2, -0.15) is 0 Å². The number of carbonyl (C=O) groups excluding carboxylic acids is 1. The van der Waals surface area contributed by atoms with Gasteiger partial charge >= 0.3 is 0 Å². The van der Waals surface area contributed by atoms with Crippen LogP contribution < -0.4 is 10.6 Å². The summed E-state index contributed by atoms with van der Waals surface area (Å²) >= 11 is 0. The Labute approximate surface area is 116 Å². The lowest BCUT2D eigenvalue weighted by Crippen LogP contribution is -2.56. The molecular weight excluding hydrogens is 240 g/mol. The van der Waals surface area contributed by atoms with Crippen LogP contribution in [-0.2, 0) is 4.79 Å². The van der Waals surface area contributed by atoms with E-state index in [9.17, 15) is 9.90 Å². The third-order valence-corrected chi connectivity index (χ3v) is 4.73. The quantitative estimate of drug-likeness (QED) is 0.711. The van der Waals surface area contributed by atoms with Crippen molar-refractivity contribution in [2.45, 2.75) is 82.3 Å². The minimum atomic E-state index is -0.219. The summed E-state index contributed by atoms with van der Waals surface area (Å²) in [5, 5.41) is 16.1. The molecule has 110 valence electrons. The highest BCUT2D eigenvalue weighted by Crippen LogP contribution is 2.29. The molecule has 0 aromatic carbocycles. The van der Waals surface area contributed by atoms with Gasteiger partial charge in [-0.05, 0) is 32.6 Å². The van der Waals surface area contributed by atoms with Gasteiger partial charge in [0.2, 0.25) is 5.91 Å². The van der Waals surface area contributed by atoms with Crippen LogP contribution in [0.2, 0.25) is 0 Å². The summed E-state index contributed by atoms with van der Waals surface area (Å²) in [6.45, 7) is 2.04. The van der Waals surface area contributed by atoms with E-state index in [1.165, 1.54) is 19.3 Å². The summed E-state index contributed by atoms with van der Waals surface area (Å²) < 4.78 is 0. The predicted octanol–water partition coefficient (Wildman–Crippen LogP) is 1.72. The van der Waals surface area contributed by atoms with E-state index in [0.717, 1.165) is 38.5 Å². The summed E-state index contributed by atoms with van der Waals surface area (Å²) in [7, 11) is 0. The van der Waals surface area contributed by atoms with Gasteiger partial charge in [0, 0.05) is 11.6 Å². The Morgan fingerprint density at radius 1 is 1.21 bits per heavy atom. The van der Waals surface area contributed by atoms with E-state index in [2.05, 4.69) is 10.6 Å². The first-order valence-corrected chi connectivity index (χ1v) is 7.84. The van der Waals surface area contributed by atoms with Gasteiger partial charge in [-0.1, -0.05) is 32.1 Å². The van der Waals surface area contributed by atoms with Crippen molar-refractivity contribution < 1.29 is 9.90 Å². The second kappa shape index (κ2) is 6.71. The Morgan fingerprint density at radius 2 is 1.84 bits per heavy atom. The number of amides is 1. The van der Waals surface area contributed by atoms with Gasteiger partial charge in [-0.25, -0.2) is 0 Å². The minimum Gasteiger partial charge on any atom is -0.394 e.